The molecule has 0 aromatic carbocycles. The smallest absolute Gasteiger partial charge is 0.338 e. The van der Waals surface area contributed by atoms with Gasteiger partial charge < -0.3 is 10.4 Å². The Kier molecular flexibility index (Phi) is 4.30. The zero-order chi connectivity index (χ0) is 12.1. The highest BCUT2D eigenvalue weighted by Gasteiger charge is 2.18. The maximum absolute atomic E-state index is 11.3. The van der Waals surface area contributed by atoms with Gasteiger partial charge >= 0.3 is 5.97 Å². The van der Waals surface area contributed by atoms with Crippen LogP contribution in [0.1, 0.15) is 17.3 Å². The summed E-state index contributed by atoms with van der Waals surface area (Å²) in [6.07, 6.45) is 1.51. The van der Waals surface area contributed by atoms with Crippen LogP contribution in [0.15, 0.2) is 23.4 Å². The van der Waals surface area contributed by atoms with Gasteiger partial charge in [0.2, 0.25) is 5.91 Å². The number of hydrogen-bond acceptors (Lipinski definition) is 4. The molecule has 0 saturated carbocycles. The summed E-state index contributed by atoms with van der Waals surface area (Å²) >= 11 is 1.13. The van der Waals surface area contributed by atoms with Gasteiger partial charge in [-0.15, -0.1) is 0 Å². The van der Waals surface area contributed by atoms with Crippen LogP contribution >= 0.6 is 11.8 Å². The first-order valence-electron chi connectivity index (χ1n) is 4.62. The molecule has 86 valence electrons. The van der Waals surface area contributed by atoms with E-state index in [9.17, 15) is 9.59 Å². The SMILES string of the molecule is CNC(=O)C(C)Sc1ncccc1C(=O)O. The largest absolute Gasteiger partial charge is 0.478 e. The van der Waals surface area contributed by atoms with Crippen LogP contribution in [0, 0.1) is 0 Å². The number of carbonyl (C=O) groups is 2. The fraction of sp³-hybridized carbons (Fsp3) is 0.300. The quantitative estimate of drug-likeness (QED) is 0.768. The summed E-state index contributed by atoms with van der Waals surface area (Å²) in [6, 6.07) is 3.02. The summed E-state index contributed by atoms with van der Waals surface area (Å²) < 4.78 is 0. The summed E-state index contributed by atoms with van der Waals surface area (Å²) in [5.74, 6) is -1.20. The number of rotatable bonds is 4. The number of hydrogen-bond donors (Lipinski definition) is 2. The van der Waals surface area contributed by atoms with Gasteiger partial charge in [-0.3, -0.25) is 4.79 Å². The monoisotopic (exact) mass is 240 g/mol. The molecule has 0 fully saturated rings. The molecule has 0 aliphatic rings. The number of nitrogens with zero attached hydrogens (tertiary/aromatic N) is 1. The van der Waals surface area contributed by atoms with Crippen LogP contribution in [-0.2, 0) is 4.79 Å². The summed E-state index contributed by atoms with van der Waals surface area (Å²) in [6.45, 7) is 1.70. The van der Waals surface area contributed by atoms with Gasteiger partial charge in [-0.1, -0.05) is 11.8 Å². The van der Waals surface area contributed by atoms with Crippen molar-refractivity contribution in [2.45, 2.75) is 17.2 Å². The third-order valence-electron chi connectivity index (χ3n) is 1.91. The van der Waals surface area contributed by atoms with Gasteiger partial charge in [0.05, 0.1) is 10.8 Å². The molecule has 1 rings (SSSR count). The molecule has 16 heavy (non-hydrogen) atoms. The number of carboxylic acids is 1. The predicted molar refractivity (Wildman–Crippen MR) is 60.6 cm³/mol. The summed E-state index contributed by atoms with van der Waals surface area (Å²) in [5, 5.41) is 11.4. The lowest BCUT2D eigenvalue weighted by atomic mass is 10.3. The van der Waals surface area contributed by atoms with Crippen LogP contribution in [0.5, 0.6) is 0 Å². The second kappa shape index (κ2) is 5.50. The number of nitrogens with one attached hydrogen (secondary N) is 1. The van der Waals surface area contributed by atoms with Crippen molar-refractivity contribution >= 4 is 23.6 Å². The van der Waals surface area contributed by atoms with E-state index in [1.54, 1.807) is 13.0 Å². The molecule has 1 aromatic heterocycles. The molecule has 1 heterocycles. The Morgan fingerprint density at radius 1 is 1.56 bits per heavy atom. The van der Waals surface area contributed by atoms with E-state index in [4.69, 9.17) is 5.11 Å². The molecule has 5 nitrogen and oxygen atoms in total. The minimum absolute atomic E-state index is 0.114. The molecule has 6 heteroatoms. The Morgan fingerprint density at radius 3 is 2.81 bits per heavy atom. The van der Waals surface area contributed by atoms with Gasteiger partial charge in [0.1, 0.15) is 5.03 Å². The first-order valence-corrected chi connectivity index (χ1v) is 5.50. The Balaban J connectivity index is 2.88. The van der Waals surface area contributed by atoms with Crippen LogP contribution in [0.3, 0.4) is 0 Å². The second-order valence-corrected chi connectivity index (χ2v) is 4.37. The molecule has 1 amide bonds. The van der Waals surface area contributed by atoms with Crippen LogP contribution in [0.4, 0.5) is 0 Å². The average molecular weight is 240 g/mol. The van der Waals surface area contributed by atoms with E-state index in [1.807, 2.05) is 0 Å². The van der Waals surface area contributed by atoms with Crippen molar-refractivity contribution in [2.24, 2.45) is 0 Å². The van der Waals surface area contributed by atoms with E-state index in [0.717, 1.165) is 11.8 Å². The van der Waals surface area contributed by atoms with Gasteiger partial charge in [-0.05, 0) is 19.1 Å². The first kappa shape index (κ1) is 12.5. The zero-order valence-corrected chi connectivity index (χ0v) is 9.75. The van der Waals surface area contributed by atoms with Crippen LogP contribution < -0.4 is 5.32 Å². The van der Waals surface area contributed by atoms with Gasteiger partial charge in [-0.2, -0.15) is 0 Å². The maximum atomic E-state index is 11.3. The van der Waals surface area contributed by atoms with Crippen molar-refractivity contribution in [3.63, 3.8) is 0 Å². The van der Waals surface area contributed by atoms with E-state index in [1.165, 1.54) is 19.3 Å². The molecule has 0 spiro atoms. The minimum atomic E-state index is -1.04. The highest BCUT2D eigenvalue weighted by Crippen LogP contribution is 2.24. The molecule has 0 radical (unpaired) electrons. The first-order chi connectivity index (χ1) is 7.56. The molecule has 1 aromatic rings. The van der Waals surface area contributed by atoms with Gasteiger partial charge in [0, 0.05) is 13.2 Å². The fourth-order valence-electron chi connectivity index (χ4n) is 1.07. The van der Waals surface area contributed by atoms with Crippen molar-refractivity contribution in [2.75, 3.05) is 7.05 Å². The molecular weight excluding hydrogens is 228 g/mol. The van der Waals surface area contributed by atoms with Crippen molar-refractivity contribution in [3.05, 3.63) is 23.9 Å². The van der Waals surface area contributed by atoms with Crippen molar-refractivity contribution in [1.82, 2.24) is 10.3 Å². The minimum Gasteiger partial charge on any atom is -0.478 e. The Morgan fingerprint density at radius 2 is 2.25 bits per heavy atom. The topological polar surface area (TPSA) is 79.3 Å². The fourth-order valence-corrected chi connectivity index (χ4v) is 2.04. The number of carbonyl (C=O) groups excluding carboxylic acids is 1. The molecule has 0 aliphatic heterocycles. The predicted octanol–water partition coefficient (Wildman–Crippen LogP) is 1.01. The van der Waals surface area contributed by atoms with Gasteiger partial charge in [0.15, 0.2) is 0 Å². The molecule has 0 saturated heterocycles. The number of aromatic carboxylic acids is 1. The highest BCUT2D eigenvalue weighted by molar-refractivity contribution is 8.00. The van der Waals surface area contributed by atoms with E-state index in [2.05, 4.69) is 10.3 Å². The second-order valence-electron chi connectivity index (χ2n) is 3.04. The van der Waals surface area contributed by atoms with E-state index < -0.39 is 5.97 Å². The lowest BCUT2D eigenvalue weighted by Gasteiger charge is -2.10. The maximum Gasteiger partial charge on any atom is 0.338 e. The van der Waals surface area contributed by atoms with Gasteiger partial charge in [-0.25, -0.2) is 9.78 Å². The summed E-state index contributed by atoms with van der Waals surface area (Å²) in [4.78, 5) is 26.1. The molecule has 2 N–H and O–H groups in total. The van der Waals surface area contributed by atoms with Crippen LogP contribution in [0.25, 0.3) is 0 Å². The van der Waals surface area contributed by atoms with Crippen molar-refractivity contribution in [3.8, 4) is 0 Å². The number of pyridine rings is 1. The molecule has 1 atom stereocenters. The standard InChI is InChI=1S/C10H12N2O3S/c1-6(8(13)11-2)16-9-7(10(14)15)4-3-5-12-9/h3-6H,1-2H3,(H,11,13)(H,14,15). The Hall–Kier alpha value is -1.56. The Labute approximate surface area is 97.3 Å². The molecule has 0 aliphatic carbocycles. The lowest BCUT2D eigenvalue weighted by molar-refractivity contribution is -0.119. The zero-order valence-electron chi connectivity index (χ0n) is 8.93. The van der Waals surface area contributed by atoms with Crippen molar-refractivity contribution < 1.29 is 14.7 Å². The Bertz CT molecular complexity index is 409. The molecule has 1 unspecified atom stereocenters. The number of aromatic nitrogens is 1. The highest BCUT2D eigenvalue weighted by atomic mass is 32.2. The lowest BCUT2D eigenvalue weighted by Crippen LogP contribution is -2.27. The van der Waals surface area contributed by atoms with E-state index in [0.29, 0.717) is 5.03 Å². The third-order valence-corrected chi connectivity index (χ3v) is 3.02. The molecule has 0 bridgehead atoms. The molecular formula is C10H12N2O3S. The normalized spacial score (nSPS) is 11.9. The summed E-state index contributed by atoms with van der Waals surface area (Å²) in [5.41, 5.74) is 0.114. The van der Waals surface area contributed by atoms with Gasteiger partial charge in [0.25, 0.3) is 0 Å². The number of thioether (sulfide) groups is 1. The third kappa shape index (κ3) is 2.96. The summed E-state index contributed by atoms with van der Waals surface area (Å²) in [7, 11) is 1.54. The average Bonchev–Trinajstić information content (AvgIpc) is 2.28. The van der Waals surface area contributed by atoms with Crippen LogP contribution in [-0.4, -0.2) is 34.3 Å². The number of carboxylic acid groups (broad SMARTS) is 1. The number of amides is 1. The van der Waals surface area contributed by atoms with E-state index in [-0.39, 0.29) is 16.7 Å². The van der Waals surface area contributed by atoms with Crippen molar-refractivity contribution in [1.29, 1.82) is 0 Å². The van der Waals surface area contributed by atoms with Crippen LogP contribution in [0.2, 0.25) is 0 Å². The van der Waals surface area contributed by atoms with E-state index >= 15 is 0 Å².